The molecule has 0 aliphatic heterocycles. The van der Waals surface area contributed by atoms with Crippen molar-refractivity contribution < 1.29 is 4.79 Å². The molecule has 2 heteroatoms. The summed E-state index contributed by atoms with van der Waals surface area (Å²) in [4.78, 5) is 14.3. The summed E-state index contributed by atoms with van der Waals surface area (Å²) in [6.45, 7) is 6.35. The zero-order chi connectivity index (χ0) is 13.4. The molecule has 0 radical (unpaired) electrons. The van der Waals surface area contributed by atoms with Gasteiger partial charge in [0.2, 0.25) is 0 Å². The van der Waals surface area contributed by atoms with E-state index in [1.165, 1.54) is 43.4 Å². The lowest BCUT2D eigenvalue weighted by molar-refractivity contribution is 0.0982. The van der Waals surface area contributed by atoms with Crippen molar-refractivity contribution in [2.24, 2.45) is 0 Å². The molecule has 1 aromatic rings. The normalized spacial score (nSPS) is 10.8. The molecule has 0 saturated heterocycles. The molecule has 0 aliphatic carbocycles. The highest BCUT2D eigenvalue weighted by molar-refractivity contribution is 7.14. The Kier molecular flexibility index (Phi) is 7.26. The summed E-state index contributed by atoms with van der Waals surface area (Å²) in [7, 11) is 0. The average Bonchev–Trinajstić information content (AvgIpc) is 2.67. The van der Waals surface area contributed by atoms with Gasteiger partial charge in [-0.15, -0.1) is 11.3 Å². The molecule has 0 unspecified atom stereocenters. The SMILES string of the molecule is CCCCCCCCCC(=O)c1sc(C)cc1C. The molecule has 0 bridgehead atoms. The third-order valence-electron chi connectivity index (χ3n) is 3.30. The van der Waals surface area contributed by atoms with Gasteiger partial charge < -0.3 is 0 Å². The second kappa shape index (κ2) is 8.47. The monoisotopic (exact) mass is 266 g/mol. The third kappa shape index (κ3) is 5.34. The van der Waals surface area contributed by atoms with Crippen LogP contribution in [0.5, 0.6) is 0 Å². The van der Waals surface area contributed by atoms with Crippen LogP contribution in [0, 0.1) is 13.8 Å². The molecule has 1 rings (SSSR count). The number of carbonyl (C=O) groups excluding carboxylic acids is 1. The van der Waals surface area contributed by atoms with Gasteiger partial charge in [-0.05, 0) is 31.9 Å². The molecule has 1 heterocycles. The molecule has 1 nitrogen and oxygen atoms in total. The van der Waals surface area contributed by atoms with Gasteiger partial charge >= 0.3 is 0 Å². The zero-order valence-electron chi connectivity index (χ0n) is 12.1. The molecule has 0 aliphatic rings. The maximum Gasteiger partial charge on any atom is 0.173 e. The Morgan fingerprint density at radius 1 is 1.06 bits per heavy atom. The summed E-state index contributed by atoms with van der Waals surface area (Å²) in [5, 5.41) is 0. The first kappa shape index (κ1) is 15.4. The van der Waals surface area contributed by atoms with Crippen LogP contribution >= 0.6 is 11.3 Å². The van der Waals surface area contributed by atoms with Crippen molar-refractivity contribution in [1.82, 2.24) is 0 Å². The number of aryl methyl sites for hydroxylation is 2. The first-order valence-corrected chi connectivity index (χ1v) is 8.07. The van der Waals surface area contributed by atoms with Crippen LogP contribution in [0.1, 0.15) is 78.4 Å². The van der Waals surface area contributed by atoms with Crippen LogP contribution in [-0.4, -0.2) is 5.78 Å². The molecule has 0 aromatic carbocycles. The summed E-state index contributed by atoms with van der Waals surface area (Å²) in [5.41, 5.74) is 1.16. The fourth-order valence-corrected chi connectivity index (χ4v) is 3.27. The fraction of sp³-hybridized carbons (Fsp3) is 0.688. The van der Waals surface area contributed by atoms with Crippen molar-refractivity contribution in [3.05, 3.63) is 21.4 Å². The molecule has 0 amide bonds. The number of unbranched alkanes of at least 4 members (excludes halogenated alkanes) is 6. The van der Waals surface area contributed by atoms with Gasteiger partial charge in [0.15, 0.2) is 5.78 Å². The summed E-state index contributed by atoms with van der Waals surface area (Å²) < 4.78 is 0. The molecular weight excluding hydrogens is 240 g/mol. The Morgan fingerprint density at radius 2 is 1.67 bits per heavy atom. The summed E-state index contributed by atoms with van der Waals surface area (Å²) in [6, 6.07) is 2.11. The van der Waals surface area contributed by atoms with Crippen LogP contribution in [0.15, 0.2) is 6.07 Å². The second-order valence-electron chi connectivity index (χ2n) is 5.16. The molecule has 0 fully saturated rings. The lowest BCUT2D eigenvalue weighted by Gasteiger charge is -2.01. The van der Waals surface area contributed by atoms with Crippen molar-refractivity contribution in [3.63, 3.8) is 0 Å². The Balaban J connectivity index is 2.16. The van der Waals surface area contributed by atoms with Gasteiger partial charge in [0, 0.05) is 11.3 Å². The number of rotatable bonds is 9. The van der Waals surface area contributed by atoms with Crippen LogP contribution in [-0.2, 0) is 0 Å². The van der Waals surface area contributed by atoms with E-state index in [-0.39, 0.29) is 0 Å². The van der Waals surface area contributed by atoms with Crippen molar-refractivity contribution >= 4 is 17.1 Å². The van der Waals surface area contributed by atoms with Crippen molar-refractivity contribution in [1.29, 1.82) is 0 Å². The molecule has 1 aromatic heterocycles. The topological polar surface area (TPSA) is 17.1 Å². The average molecular weight is 266 g/mol. The fourth-order valence-electron chi connectivity index (χ4n) is 2.27. The smallest absolute Gasteiger partial charge is 0.173 e. The predicted octanol–water partition coefficient (Wildman–Crippen LogP) is 5.69. The van der Waals surface area contributed by atoms with Crippen molar-refractivity contribution in [2.45, 2.75) is 72.1 Å². The third-order valence-corrected chi connectivity index (χ3v) is 4.50. The Hall–Kier alpha value is -0.630. The molecular formula is C16H26OS. The standard InChI is InChI=1S/C16H26OS/c1-4-5-6-7-8-9-10-11-15(17)16-13(2)12-14(3)18-16/h12H,4-11H2,1-3H3. The van der Waals surface area contributed by atoms with E-state index in [2.05, 4.69) is 19.9 Å². The van der Waals surface area contributed by atoms with Gasteiger partial charge in [0.05, 0.1) is 4.88 Å². The van der Waals surface area contributed by atoms with Gasteiger partial charge in [-0.3, -0.25) is 4.79 Å². The van der Waals surface area contributed by atoms with Crippen molar-refractivity contribution in [3.8, 4) is 0 Å². The minimum absolute atomic E-state index is 0.346. The maximum absolute atomic E-state index is 12.0. The van der Waals surface area contributed by atoms with Crippen molar-refractivity contribution in [2.75, 3.05) is 0 Å². The van der Waals surface area contributed by atoms with Crippen LogP contribution in [0.2, 0.25) is 0 Å². The van der Waals surface area contributed by atoms with Crippen LogP contribution in [0.4, 0.5) is 0 Å². The summed E-state index contributed by atoms with van der Waals surface area (Å²) in [5.74, 6) is 0.346. The van der Waals surface area contributed by atoms with Gasteiger partial charge in [0.25, 0.3) is 0 Å². The first-order valence-electron chi connectivity index (χ1n) is 7.25. The van der Waals surface area contributed by atoms with Gasteiger partial charge in [-0.1, -0.05) is 45.4 Å². The lowest BCUT2D eigenvalue weighted by Crippen LogP contribution is -1.97. The zero-order valence-corrected chi connectivity index (χ0v) is 12.9. The summed E-state index contributed by atoms with van der Waals surface area (Å²) in [6.07, 6.45) is 9.62. The summed E-state index contributed by atoms with van der Waals surface area (Å²) >= 11 is 1.65. The van der Waals surface area contributed by atoms with Crippen LogP contribution in [0.25, 0.3) is 0 Å². The maximum atomic E-state index is 12.0. The van der Waals surface area contributed by atoms with E-state index in [1.807, 2.05) is 6.92 Å². The number of thiophene rings is 1. The molecule has 102 valence electrons. The van der Waals surface area contributed by atoms with E-state index >= 15 is 0 Å². The van der Waals surface area contributed by atoms with E-state index in [0.29, 0.717) is 5.78 Å². The number of Topliss-reactive ketones (excluding diaryl/α,β-unsaturated/α-hetero) is 1. The number of carbonyl (C=O) groups is 1. The van der Waals surface area contributed by atoms with E-state index < -0.39 is 0 Å². The van der Waals surface area contributed by atoms with E-state index in [9.17, 15) is 4.79 Å². The molecule has 18 heavy (non-hydrogen) atoms. The number of hydrogen-bond donors (Lipinski definition) is 0. The number of ketones is 1. The van der Waals surface area contributed by atoms with Crippen LogP contribution < -0.4 is 0 Å². The lowest BCUT2D eigenvalue weighted by atomic mass is 10.1. The van der Waals surface area contributed by atoms with E-state index in [4.69, 9.17) is 0 Å². The van der Waals surface area contributed by atoms with Gasteiger partial charge in [-0.2, -0.15) is 0 Å². The van der Waals surface area contributed by atoms with E-state index in [1.54, 1.807) is 11.3 Å². The Bertz CT molecular complexity index is 365. The van der Waals surface area contributed by atoms with Crippen LogP contribution in [0.3, 0.4) is 0 Å². The van der Waals surface area contributed by atoms with Gasteiger partial charge in [-0.25, -0.2) is 0 Å². The number of hydrogen-bond acceptors (Lipinski definition) is 2. The minimum atomic E-state index is 0.346. The Morgan fingerprint density at radius 3 is 2.22 bits per heavy atom. The molecule has 0 N–H and O–H groups in total. The molecule has 0 saturated carbocycles. The highest BCUT2D eigenvalue weighted by atomic mass is 32.1. The molecule has 0 atom stereocenters. The Labute approximate surface area is 116 Å². The largest absolute Gasteiger partial charge is 0.293 e. The first-order chi connectivity index (χ1) is 8.65. The minimum Gasteiger partial charge on any atom is -0.293 e. The highest BCUT2D eigenvalue weighted by Crippen LogP contribution is 2.23. The van der Waals surface area contributed by atoms with Gasteiger partial charge in [0.1, 0.15) is 0 Å². The molecule has 0 spiro atoms. The predicted molar refractivity (Wildman–Crippen MR) is 80.7 cm³/mol. The van der Waals surface area contributed by atoms with E-state index in [0.717, 1.165) is 23.3 Å². The highest BCUT2D eigenvalue weighted by Gasteiger charge is 2.11. The quantitative estimate of drug-likeness (QED) is 0.414. The second-order valence-corrected chi connectivity index (χ2v) is 6.42.